The van der Waals surface area contributed by atoms with Gasteiger partial charge in [-0.05, 0) is 18.4 Å². The Morgan fingerprint density at radius 3 is 2.65 bits per heavy atom. The van der Waals surface area contributed by atoms with Gasteiger partial charge >= 0.3 is 12.1 Å². The lowest BCUT2D eigenvalue weighted by atomic mass is 10.2. The molecule has 1 aliphatic rings. The third kappa shape index (κ3) is 4.17. The number of nitrogens with zero attached hydrogens (tertiary/aromatic N) is 4. The Morgan fingerprint density at radius 2 is 2.04 bits per heavy atom. The van der Waals surface area contributed by atoms with E-state index in [1.54, 1.807) is 0 Å². The smallest absolute Gasteiger partial charge is 0.411 e. The molecule has 0 spiro atoms. The number of aliphatic hydroxyl groups excluding tert-OH is 1. The lowest BCUT2D eigenvalue weighted by Crippen LogP contribution is -2.41. The molecule has 0 aliphatic heterocycles. The summed E-state index contributed by atoms with van der Waals surface area (Å²) in [7, 11) is 0. The van der Waals surface area contributed by atoms with Crippen LogP contribution in [0.25, 0.3) is 0 Å². The summed E-state index contributed by atoms with van der Waals surface area (Å²) in [4.78, 5) is 25.7. The first-order valence-corrected chi connectivity index (χ1v) is 8.33. The van der Waals surface area contributed by atoms with Crippen LogP contribution in [0.4, 0.5) is 4.79 Å². The molecule has 2 aromatic rings. The third-order valence-electron chi connectivity index (χ3n) is 4.03. The third-order valence-corrected chi connectivity index (χ3v) is 4.03. The summed E-state index contributed by atoms with van der Waals surface area (Å²) in [5.41, 5.74) is 0.951. The van der Waals surface area contributed by atoms with Crippen LogP contribution in [0.15, 0.2) is 36.5 Å². The van der Waals surface area contributed by atoms with E-state index in [0.29, 0.717) is 0 Å². The van der Waals surface area contributed by atoms with E-state index in [9.17, 15) is 14.7 Å². The number of carboxylic acid groups (broad SMARTS) is 1. The molecule has 3 rings (SSSR count). The van der Waals surface area contributed by atoms with E-state index in [-0.39, 0.29) is 31.5 Å². The molecule has 9 nitrogen and oxygen atoms in total. The summed E-state index contributed by atoms with van der Waals surface area (Å²) >= 11 is 0. The molecule has 0 radical (unpaired) electrons. The van der Waals surface area contributed by atoms with E-state index in [0.717, 1.165) is 18.4 Å². The van der Waals surface area contributed by atoms with Crippen LogP contribution in [0.3, 0.4) is 0 Å². The topological polar surface area (TPSA) is 118 Å². The summed E-state index contributed by atoms with van der Waals surface area (Å²) in [6.07, 6.45) is 2.17. The lowest BCUT2D eigenvalue weighted by Gasteiger charge is -2.26. The van der Waals surface area contributed by atoms with E-state index in [1.807, 2.05) is 30.3 Å². The highest BCUT2D eigenvalue weighted by Crippen LogP contribution is 2.35. The van der Waals surface area contributed by atoms with Crippen molar-refractivity contribution in [2.45, 2.75) is 38.1 Å². The molecule has 1 unspecified atom stereocenters. The summed E-state index contributed by atoms with van der Waals surface area (Å²) in [5, 5.41) is 26.3. The Morgan fingerprint density at radius 1 is 1.31 bits per heavy atom. The summed E-state index contributed by atoms with van der Waals surface area (Å²) in [6, 6.07) is 7.70. The van der Waals surface area contributed by atoms with Gasteiger partial charge in [-0.1, -0.05) is 35.5 Å². The highest BCUT2D eigenvalue weighted by molar-refractivity contribution is 5.81. The van der Waals surface area contributed by atoms with Crippen molar-refractivity contribution in [3.63, 3.8) is 0 Å². The molecule has 1 atom stereocenters. The molecule has 0 bridgehead atoms. The van der Waals surface area contributed by atoms with Crippen LogP contribution in [-0.4, -0.2) is 54.8 Å². The molecule has 1 amide bonds. The van der Waals surface area contributed by atoms with Gasteiger partial charge in [0.2, 0.25) is 0 Å². The molecule has 26 heavy (non-hydrogen) atoms. The second-order valence-corrected chi connectivity index (χ2v) is 6.05. The fraction of sp³-hybridized carbons (Fsp3) is 0.412. The Hall–Kier alpha value is -2.94. The van der Waals surface area contributed by atoms with Crippen molar-refractivity contribution in [3.05, 3.63) is 47.8 Å². The number of carbonyl (C=O) groups is 2. The molecule has 1 heterocycles. The number of benzene rings is 1. The van der Waals surface area contributed by atoms with Gasteiger partial charge in [-0.3, -0.25) is 4.90 Å². The van der Waals surface area contributed by atoms with E-state index in [1.165, 1.54) is 15.8 Å². The van der Waals surface area contributed by atoms with Crippen molar-refractivity contribution >= 4 is 12.1 Å². The first-order chi connectivity index (χ1) is 12.6. The van der Waals surface area contributed by atoms with Gasteiger partial charge in [0.05, 0.1) is 19.3 Å². The van der Waals surface area contributed by atoms with Crippen LogP contribution in [0.1, 0.15) is 30.1 Å². The fourth-order valence-electron chi connectivity index (χ4n) is 2.65. The second-order valence-electron chi connectivity index (χ2n) is 6.05. The Labute approximate surface area is 149 Å². The predicted molar refractivity (Wildman–Crippen MR) is 89.0 cm³/mol. The zero-order valence-corrected chi connectivity index (χ0v) is 14.1. The highest BCUT2D eigenvalue weighted by atomic mass is 16.6. The maximum atomic E-state index is 12.6. The average molecular weight is 360 g/mol. The minimum Gasteiger partial charge on any atom is -0.479 e. The van der Waals surface area contributed by atoms with Crippen molar-refractivity contribution < 1.29 is 24.5 Å². The molecule has 1 saturated carbocycles. The van der Waals surface area contributed by atoms with Crippen molar-refractivity contribution in [1.29, 1.82) is 0 Å². The highest BCUT2D eigenvalue weighted by Gasteiger charge is 2.43. The number of aromatic nitrogens is 3. The fourth-order valence-corrected chi connectivity index (χ4v) is 2.65. The van der Waals surface area contributed by atoms with Crippen molar-refractivity contribution in [2.24, 2.45) is 0 Å². The van der Waals surface area contributed by atoms with Gasteiger partial charge in [-0.2, -0.15) is 0 Å². The Kier molecular flexibility index (Phi) is 5.47. The number of aliphatic carboxylic acids is 1. The predicted octanol–water partition coefficient (Wildman–Crippen LogP) is 1.20. The van der Waals surface area contributed by atoms with E-state index >= 15 is 0 Å². The van der Waals surface area contributed by atoms with Crippen molar-refractivity contribution in [2.75, 3.05) is 6.61 Å². The van der Waals surface area contributed by atoms with E-state index in [4.69, 9.17) is 9.84 Å². The second kappa shape index (κ2) is 7.96. The van der Waals surface area contributed by atoms with Gasteiger partial charge < -0.3 is 14.9 Å². The van der Waals surface area contributed by atoms with Crippen LogP contribution in [0.2, 0.25) is 0 Å². The molecule has 138 valence electrons. The number of hydrogen-bond donors (Lipinski definition) is 2. The number of carboxylic acids is 1. The summed E-state index contributed by atoms with van der Waals surface area (Å²) < 4.78 is 6.67. The zero-order valence-electron chi connectivity index (χ0n) is 14.1. The maximum Gasteiger partial charge on any atom is 0.411 e. The zero-order chi connectivity index (χ0) is 18.5. The van der Waals surface area contributed by atoms with Gasteiger partial charge in [0, 0.05) is 6.04 Å². The lowest BCUT2D eigenvalue weighted by molar-refractivity contribution is -0.143. The van der Waals surface area contributed by atoms with Gasteiger partial charge in [-0.15, -0.1) is 5.10 Å². The Bertz CT molecular complexity index is 760. The molecular weight excluding hydrogens is 340 g/mol. The summed E-state index contributed by atoms with van der Waals surface area (Å²) in [6.45, 7) is 0.111. The van der Waals surface area contributed by atoms with E-state index in [2.05, 4.69) is 10.3 Å². The minimum atomic E-state index is -1.28. The summed E-state index contributed by atoms with van der Waals surface area (Å²) in [5.74, 6) is -1.20. The first-order valence-electron chi connectivity index (χ1n) is 8.33. The molecule has 9 heteroatoms. The van der Waals surface area contributed by atoms with Gasteiger partial charge in [0.15, 0.2) is 6.04 Å². The molecule has 1 aromatic heterocycles. The van der Waals surface area contributed by atoms with Crippen LogP contribution < -0.4 is 0 Å². The van der Waals surface area contributed by atoms with Crippen molar-refractivity contribution in [1.82, 2.24) is 19.9 Å². The quantitative estimate of drug-likeness (QED) is 0.726. The molecule has 0 saturated heterocycles. The monoisotopic (exact) mass is 360 g/mol. The van der Waals surface area contributed by atoms with Crippen LogP contribution in [-0.2, 0) is 22.7 Å². The van der Waals surface area contributed by atoms with Gasteiger partial charge in [0.25, 0.3) is 0 Å². The van der Waals surface area contributed by atoms with Crippen LogP contribution in [0.5, 0.6) is 0 Å². The maximum absolute atomic E-state index is 12.6. The van der Waals surface area contributed by atoms with Gasteiger partial charge in [-0.25, -0.2) is 14.3 Å². The number of aliphatic hydroxyl groups is 1. The van der Waals surface area contributed by atoms with E-state index < -0.39 is 18.1 Å². The Balaban J connectivity index is 1.76. The number of hydrogen-bond acceptors (Lipinski definition) is 6. The number of amides is 1. The molecule has 1 aromatic carbocycles. The first kappa shape index (κ1) is 17.9. The SMILES string of the molecule is O=C(O)C(c1cn(CCO)nn1)N(C(=O)OCc1ccccc1)C1CC1. The number of carbonyl (C=O) groups excluding carboxylic acids is 1. The van der Waals surface area contributed by atoms with Gasteiger partial charge in [0.1, 0.15) is 12.3 Å². The normalized spacial score (nSPS) is 14.7. The standard InChI is InChI=1S/C17H20N4O5/c22-9-8-20-10-14(18-19-20)15(16(23)24)21(13-6-7-13)17(25)26-11-12-4-2-1-3-5-12/h1-5,10,13,15,22H,6-9,11H2,(H,23,24). The van der Waals surface area contributed by atoms with Crippen molar-refractivity contribution in [3.8, 4) is 0 Å². The number of rotatable bonds is 8. The molecule has 2 N–H and O–H groups in total. The largest absolute Gasteiger partial charge is 0.479 e. The molecular formula is C17H20N4O5. The molecule has 1 aliphatic carbocycles. The average Bonchev–Trinajstić information content (AvgIpc) is 3.37. The van der Waals surface area contributed by atoms with Crippen LogP contribution in [0, 0.1) is 0 Å². The molecule has 1 fully saturated rings. The van der Waals surface area contributed by atoms with Crippen LogP contribution >= 0.6 is 0 Å². The number of ether oxygens (including phenoxy) is 1. The minimum absolute atomic E-state index is 0.0619.